The molecule has 0 aliphatic carbocycles. The highest BCUT2D eigenvalue weighted by atomic mass is 19.1. The van der Waals surface area contributed by atoms with Crippen molar-refractivity contribution in [3.8, 4) is 0 Å². The van der Waals surface area contributed by atoms with Crippen LogP contribution in [0.5, 0.6) is 0 Å². The zero-order valence-electron chi connectivity index (χ0n) is 11.9. The van der Waals surface area contributed by atoms with Gasteiger partial charge >= 0.3 is 0 Å². The average Bonchev–Trinajstić information content (AvgIpc) is 2.51. The van der Waals surface area contributed by atoms with Crippen LogP contribution in [0.25, 0.3) is 0 Å². The molecule has 21 heavy (non-hydrogen) atoms. The molecule has 1 aliphatic rings. The molecule has 3 rings (SSSR count). The van der Waals surface area contributed by atoms with Crippen LogP contribution < -0.4 is 5.32 Å². The summed E-state index contributed by atoms with van der Waals surface area (Å²) in [6.45, 7) is 2.91. The van der Waals surface area contributed by atoms with Crippen LogP contribution in [0.15, 0.2) is 42.9 Å². The number of piperidine rings is 1. The quantitative estimate of drug-likeness (QED) is 0.938. The molecule has 1 atom stereocenters. The number of anilines is 1. The van der Waals surface area contributed by atoms with E-state index in [1.807, 2.05) is 12.1 Å². The molecule has 1 aromatic heterocycles. The molecule has 1 aromatic carbocycles. The number of nitrogens with one attached hydrogen (secondary N) is 1. The van der Waals surface area contributed by atoms with Crippen LogP contribution >= 0.6 is 0 Å². The first kappa shape index (κ1) is 13.9. The summed E-state index contributed by atoms with van der Waals surface area (Å²) in [7, 11) is 0. The van der Waals surface area contributed by atoms with Crippen molar-refractivity contribution in [1.29, 1.82) is 0 Å². The number of hydrogen-bond acceptors (Lipinski definition) is 4. The topological polar surface area (TPSA) is 41.0 Å². The number of halogens is 1. The van der Waals surface area contributed by atoms with Gasteiger partial charge in [0.25, 0.3) is 0 Å². The van der Waals surface area contributed by atoms with Gasteiger partial charge in [-0.2, -0.15) is 0 Å². The maximum absolute atomic E-state index is 12.9. The first-order chi connectivity index (χ1) is 10.3. The fourth-order valence-corrected chi connectivity index (χ4v) is 2.75. The molecular formula is C16H19FN4. The summed E-state index contributed by atoms with van der Waals surface area (Å²) in [5, 5.41) is 3.43. The van der Waals surface area contributed by atoms with E-state index in [-0.39, 0.29) is 5.82 Å². The summed E-state index contributed by atoms with van der Waals surface area (Å²) in [4.78, 5) is 10.7. The average molecular weight is 286 g/mol. The van der Waals surface area contributed by atoms with Gasteiger partial charge in [-0.3, -0.25) is 9.88 Å². The second-order valence-corrected chi connectivity index (χ2v) is 5.44. The van der Waals surface area contributed by atoms with Crippen molar-refractivity contribution in [2.24, 2.45) is 0 Å². The standard InChI is InChI=1S/C16H19FN4/c17-14-5-3-13(4-6-14)11-21-9-1-2-15(12-21)20-16-10-18-7-8-19-16/h3-8,10,15H,1-2,9,11-12H2,(H,19,20)/t15-/m1/s1. The van der Waals surface area contributed by atoms with Crippen molar-refractivity contribution in [2.45, 2.75) is 25.4 Å². The molecule has 5 heteroatoms. The molecule has 0 unspecified atom stereocenters. The minimum atomic E-state index is -0.181. The maximum atomic E-state index is 12.9. The van der Waals surface area contributed by atoms with Gasteiger partial charge in [-0.1, -0.05) is 12.1 Å². The monoisotopic (exact) mass is 286 g/mol. The summed E-state index contributed by atoms with van der Waals surface area (Å²) in [6.07, 6.45) is 7.41. The highest BCUT2D eigenvalue weighted by Crippen LogP contribution is 2.16. The number of benzene rings is 1. The highest BCUT2D eigenvalue weighted by molar-refractivity contribution is 5.31. The van der Waals surface area contributed by atoms with Crippen LogP contribution in [0, 0.1) is 5.82 Å². The van der Waals surface area contributed by atoms with E-state index < -0.39 is 0 Å². The molecule has 0 radical (unpaired) electrons. The highest BCUT2D eigenvalue weighted by Gasteiger charge is 2.20. The molecule has 110 valence electrons. The molecule has 0 amide bonds. The largest absolute Gasteiger partial charge is 0.365 e. The van der Waals surface area contributed by atoms with E-state index in [1.54, 1.807) is 18.6 Å². The lowest BCUT2D eigenvalue weighted by atomic mass is 10.0. The lowest BCUT2D eigenvalue weighted by molar-refractivity contribution is 0.208. The Morgan fingerprint density at radius 1 is 1.24 bits per heavy atom. The molecule has 2 heterocycles. The van der Waals surface area contributed by atoms with E-state index in [4.69, 9.17) is 0 Å². The maximum Gasteiger partial charge on any atom is 0.144 e. The van der Waals surface area contributed by atoms with Gasteiger partial charge < -0.3 is 5.32 Å². The van der Waals surface area contributed by atoms with E-state index in [1.165, 1.54) is 12.1 Å². The van der Waals surface area contributed by atoms with Gasteiger partial charge in [-0.05, 0) is 37.1 Å². The van der Waals surface area contributed by atoms with Crippen LogP contribution in [-0.2, 0) is 6.54 Å². The second kappa shape index (κ2) is 6.63. The lowest BCUT2D eigenvalue weighted by Crippen LogP contribution is -2.41. The SMILES string of the molecule is Fc1ccc(CN2CCC[C@@H](Nc3cnccn3)C2)cc1. The Morgan fingerprint density at radius 2 is 2.10 bits per heavy atom. The van der Waals surface area contributed by atoms with Crippen molar-refractivity contribution < 1.29 is 4.39 Å². The summed E-state index contributed by atoms with van der Waals surface area (Å²) in [5.41, 5.74) is 1.15. The summed E-state index contributed by atoms with van der Waals surface area (Å²) in [6, 6.07) is 7.14. The van der Waals surface area contributed by atoms with Gasteiger partial charge in [0.15, 0.2) is 0 Å². The predicted octanol–water partition coefficient (Wildman–Crippen LogP) is 2.69. The minimum Gasteiger partial charge on any atom is -0.365 e. The van der Waals surface area contributed by atoms with E-state index in [9.17, 15) is 4.39 Å². The molecule has 1 fully saturated rings. The third-order valence-corrected chi connectivity index (χ3v) is 3.74. The Kier molecular flexibility index (Phi) is 4.40. The summed E-state index contributed by atoms with van der Waals surface area (Å²) >= 11 is 0. The van der Waals surface area contributed by atoms with E-state index >= 15 is 0 Å². The van der Waals surface area contributed by atoms with Crippen LogP contribution in [0.2, 0.25) is 0 Å². The van der Waals surface area contributed by atoms with E-state index in [0.717, 1.165) is 43.9 Å². The molecule has 0 bridgehead atoms. The first-order valence-electron chi connectivity index (χ1n) is 7.29. The molecular weight excluding hydrogens is 267 g/mol. The van der Waals surface area contributed by atoms with Crippen LogP contribution in [-0.4, -0.2) is 34.0 Å². The Bertz CT molecular complexity index is 558. The van der Waals surface area contributed by atoms with E-state index in [0.29, 0.717) is 6.04 Å². The van der Waals surface area contributed by atoms with E-state index in [2.05, 4.69) is 20.2 Å². The summed E-state index contributed by atoms with van der Waals surface area (Å²) < 4.78 is 12.9. The Labute approximate surface area is 124 Å². The van der Waals surface area contributed by atoms with Crippen molar-refractivity contribution in [3.05, 3.63) is 54.2 Å². The molecule has 0 saturated carbocycles. The van der Waals surface area contributed by atoms with Gasteiger partial charge in [-0.15, -0.1) is 0 Å². The number of hydrogen-bond donors (Lipinski definition) is 1. The molecule has 4 nitrogen and oxygen atoms in total. The predicted molar refractivity (Wildman–Crippen MR) is 80.4 cm³/mol. The lowest BCUT2D eigenvalue weighted by Gasteiger charge is -2.33. The Hall–Kier alpha value is -2.01. The number of aromatic nitrogens is 2. The zero-order chi connectivity index (χ0) is 14.5. The van der Waals surface area contributed by atoms with Crippen molar-refractivity contribution in [3.63, 3.8) is 0 Å². The number of nitrogens with zero attached hydrogens (tertiary/aromatic N) is 3. The minimum absolute atomic E-state index is 0.181. The summed E-state index contributed by atoms with van der Waals surface area (Å²) in [5.74, 6) is 0.644. The van der Waals surface area contributed by atoms with Gasteiger partial charge in [0.2, 0.25) is 0 Å². The molecule has 1 aliphatic heterocycles. The molecule has 1 N–H and O–H groups in total. The van der Waals surface area contributed by atoms with Gasteiger partial charge in [0, 0.05) is 31.5 Å². The normalized spacial score (nSPS) is 19.4. The smallest absolute Gasteiger partial charge is 0.144 e. The van der Waals surface area contributed by atoms with Crippen LogP contribution in [0.3, 0.4) is 0 Å². The number of likely N-dealkylation sites (tertiary alicyclic amines) is 1. The van der Waals surface area contributed by atoms with Gasteiger partial charge in [0.1, 0.15) is 11.6 Å². The van der Waals surface area contributed by atoms with Gasteiger partial charge in [0.05, 0.1) is 6.20 Å². The van der Waals surface area contributed by atoms with Crippen molar-refractivity contribution >= 4 is 5.82 Å². The third-order valence-electron chi connectivity index (χ3n) is 3.74. The van der Waals surface area contributed by atoms with Crippen molar-refractivity contribution in [2.75, 3.05) is 18.4 Å². The third kappa shape index (κ3) is 3.98. The van der Waals surface area contributed by atoms with Gasteiger partial charge in [-0.25, -0.2) is 9.37 Å². The Balaban J connectivity index is 1.57. The van der Waals surface area contributed by atoms with Crippen LogP contribution in [0.4, 0.5) is 10.2 Å². The molecule has 2 aromatic rings. The molecule has 1 saturated heterocycles. The fourth-order valence-electron chi connectivity index (χ4n) is 2.75. The van der Waals surface area contributed by atoms with Crippen LogP contribution in [0.1, 0.15) is 18.4 Å². The first-order valence-corrected chi connectivity index (χ1v) is 7.29. The Morgan fingerprint density at radius 3 is 2.86 bits per heavy atom. The number of rotatable bonds is 4. The zero-order valence-corrected chi connectivity index (χ0v) is 11.9. The van der Waals surface area contributed by atoms with Crippen molar-refractivity contribution in [1.82, 2.24) is 14.9 Å². The second-order valence-electron chi connectivity index (χ2n) is 5.44. The fraction of sp³-hybridized carbons (Fsp3) is 0.375. The molecule has 0 spiro atoms.